The zero-order valence-electron chi connectivity index (χ0n) is 11.0. The molecule has 0 radical (unpaired) electrons. The third-order valence-electron chi connectivity index (χ3n) is 2.53. The number of aryl methyl sites for hydroxylation is 2. The Morgan fingerprint density at radius 1 is 1.42 bits per heavy atom. The average Bonchev–Trinajstić information content (AvgIpc) is 2.27. The SMILES string of the molecule is CNS(=O)(=O)CCNc1nc(C)cc(C)c1C(=O)O. The van der Waals surface area contributed by atoms with Crippen LogP contribution in [-0.2, 0) is 10.0 Å². The smallest absolute Gasteiger partial charge is 0.339 e. The van der Waals surface area contributed by atoms with Gasteiger partial charge in [-0.1, -0.05) is 0 Å². The molecule has 0 bridgehead atoms. The molecule has 3 N–H and O–H groups in total. The van der Waals surface area contributed by atoms with Crippen molar-refractivity contribution in [3.05, 3.63) is 22.9 Å². The molecule has 0 atom stereocenters. The fourth-order valence-electron chi connectivity index (χ4n) is 1.64. The van der Waals surface area contributed by atoms with Crippen molar-refractivity contribution in [2.75, 3.05) is 24.7 Å². The lowest BCUT2D eigenvalue weighted by atomic mass is 10.1. The van der Waals surface area contributed by atoms with Gasteiger partial charge in [-0.3, -0.25) is 0 Å². The molecule has 0 aliphatic rings. The van der Waals surface area contributed by atoms with Crippen molar-refractivity contribution in [1.29, 1.82) is 0 Å². The molecule has 0 unspecified atom stereocenters. The summed E-state index contributed by atoms with van der Waals surface area (Å²) in [5, 5.41) is 11.9. The molecule has 0 aromatic carbocycles. The normalized spacial score (nSPS) is 11.3. The number of rotatable bonds is 6. The molecule has 0 aliphatic heterocycles. The van der Waals surface area contributed by atoms with Gasteiger partial charge in [0.05, 0.1) is 5.75 Å². The van der Waals surface area contributed by atoms with Gasteiger partial charge in [0, 0.05) is 12.2 Å². The predicted molar refractivity (Wildman–Crippen MR) is 72.0 cm³/mol. The summed E-state index contributed by atoms with van der Waals surface area (Å²) in [4.78, 5) is 15.3. The Kier molecular flexibility index (Phi) is 4.84. The van der Waals surface area contributed by atoms with Gasteiger partial charge < -0.3 is 10.4 Å². The lowest BCUT2D eigenvalue weighted by molar-refractivity contribution is 0.0697. The van der Waals surface area contributed by atoms with Gasteiger partial charge in [0.15, 0.2) is 0 Å². The quantitative estimate of drug-likeness (QED) is 0.697. The molecule has 19 heavy (non-hydrogen) atoms. The van der Waals surface area contributed by atoms with Crippen LogP contribution < -0.4 is 10.0 Å². The van der Waals surface area contributed by atoms with Crippen LogP contribution in [0.4, 0.5) is 5.82 Å². The van der Waals surface area contributed by atoms with Gasteiger partial charge in [-0.25, -0.2) is 22.9 Å². The summed E-state index contributed by atoms with van der Waals surface area (Å²) in [7, 11) is -2.00. The Balaban J connectivity index is 2.92. The van der Waals surface area contributed by atoms with E-state index in [-0.39, 0.29) is 23.7 Å². The standard InChI is InChI=1S/C11H17N3O4S/c1-7-6-8(2)14-10(9(7)11(15)16)13-4-5-19(17,18)12-3/h6,12H,4-5H2,1-3H3,(H,13,14)(H,15,16). The molecule has 0 saturated carbocycles. The van der Waals surface area contributed by atoms with Gasteiger partial charge in [0.2, 0.25) is 10.0 Å². The summed E-state index contributed by atoms with van der Waals surface area (Å²) in [5.74, 6) is -1.06. The zero-order chi connectivity index (χ0) is 14.6. The van der Waals surface area contributed by atoms with E-state index in [9.17, 15) is 13.2 Å². The van der Waals surface area contributed by atoms with E-state index in [0.717, 1.165) is 0 Å². The molecule has 0 aliphatic carbocycles. The largest absolute Gasteiger partial charge is 0.478 e. The Morgan fingerprint density at radius 3 is 2.58 bits per heavy atom. The first kappa shape index (κ1) is 15.4. The first-order valence-electron chi connectivity index (χ1n) is 5.63. The Bertz CT molecular complexity index is 584. The average molecular weight is 287 g/mol. The summed E-state index contributed by atoms with van der Waals surface area (Å²) in [6.07, 6.45) is 0. The second-order valence-corrected chi connectivity index (χ2v) is 6.11. The summed E-state index contributed by atoms with van der Waals surface area (Å²) in [5.41, 5.74) is 1.31. The number of aromatic carboxylic acids is 1. The highest BCUT2D eigenvalue weighted by Gasteiger charge is 2.16. The molecule has 1 rings (SSSR count). The van der Waals surface area contributed by atoms with E-state index >= 15 is 0 Å². The number of carboxylic acids is 1. The van der Waals surface area contributed by atoms with Crippen molar-refractivity contribution in [2.45, 2.75) is 13.8 Å². The van der Waals surface area contributed by atoms with E-state index in [1.807, 2.05) is 0 Å². The van der Waals surface area contributed by atoms with E-state index in [2.05, 4.69) is 15.0 Å². The van der Waals surface area contributed by atoms with Crippen LogP contribution in [0, 0.1) is 13.8 Å². The lowest BCUT2D eigenvalue weighted by Gasteiger charge is -2.11. The van der Waals surface area contributed by atoms with Crippen molar-refractivity contribution in [1.82, 2.24) is 9.71 Å². The molecule has 1 heterocycles. The first-order valence-corrected chi connectivity index (χ1v) is 7.28. The van der Waals surface area contributed by atoms with E-state index in [0.29, 0.717) is 11.3 Å². The van der Waals surface area contributed by atoms with Crippen LogP contribution in [0.3, 0.4) is 0 Å². The number of carbonyl (C=O) groups is 1. The summed E-state index contributed by atoms with van der Waals surface area (Å²) >= 11 is 0. The third-order valence-corrected chi connectivity index (χ3v) is 3.90. The minimum atomic E-state index is -3.33. The first-order chi connectivity index (χ1) is 8.76. The van der Waals surface area contributed by atoms with Gasteiger partial charge in [0.25, 0.3) is 0 Å². The molecule has 1 aromatic heterocycles. The molecule has 0 fully saturated rings. The summed E-state index contributed by atoms with van der Waals surface area (Å²) in [6.45, 7) is 3.50. The van der Waals surface area contributed by atoms with Crippen molar-refractivity contribution < 1.29 is 18.3 Å². The van der Waals surface area contributed by atoms with Gasteiger partial charge >= 0.3 is 5.97 Å². The second-order valence-electron chi connectivity index (χ2n) is 4.06. The van der Waals surface area contributed by atoms with Crippen LogP contribution >= 0.6 is 0 Å². The Morgan fingerprint density at radius 2 is 2.05 bits per heavy atom. The maximum Gasteiger partial charge on any atom is 0.339 e. The molecule has 0 amide bonds. The van der Waals surface area contributed by atoms with Gasteiger partial charge in [0.1, 0.15) is 11.4 Å². The molecule has 8 heteroatoms. The van der Waals surface area contributed by atoms with E-state index in [1.165, 1.54) is 7.05 Å². The highest BCUT2D eigenvalue weighted by atomic mass is 32.2. The van der Waals surface area contributed by atoms with E-state index < -0.39 is 16.0 Å². The molecule has 1 aromatic rings. The van der Waals surface area contributed by atoms with Crippen LogP contribution in [0.15, 0.2) is 6.07 Å². The number of pyridine rings is 1. The molecule has 0 saturated heterocycles. The summed E-state index contributed by atoms with van der Waals surface area (Å²) < 4.78 is 24.7. The van der Waals surface area contributed by atoms with E-state index in [1.54, 1.807) is 19.9 Å². The molecule has 7 nitrogen and oxygen atoms in total. The van der Waals surface area contributed by atoms with Crippen molar-refractivity contribution in [3.8, 4) is 0 Å². The fourth-order valence-corrected chi connectivity index (χ4v) is 2.22. The minimum Gasteiger partial charge on any atom is -0.478 e. The molecular weight excluding hydrogens is 270 g/mol. The Labute approximate surface area is 112 Å². The van der Waals surface area contributed by atoms with Gasteiger partial charge in [-0.2, -0.15) is 0 Å². The van der Waals surface area contributed by atoms with Gasteiger partial charge in [-0.15, -0.1) is 0 Å². The fraction of sp³-hybridized carbons (Fsp3) is 0.455. The number of nitrogens with one attached hydrogen (secondary N) is 2. The third kappa shape index (κ3) is 4.18. The predicted octanol–water partition coefficient (Wildman–Crippen LogP) is 0.358. The van der Waals surface area contributed by atoms with Crippen LogP contribution in [0.25, 0.3) is 0 Å². The van der Waals surface area contributed by atoms with Crippen molar-refractivity contribution in [3.63, 3.8) is 0 Å². The number of aromatic nitrogens is 1. The zero-order valence-corrected chi connectivity index (χ0v) is 11.8. The minimum absolute atomic E-state index is 0.0625. The number of hydrogen-bond acceptors (Lipinski definition) is 5. The molecule has 106 valence electrons. The lowest BCUT2D eigenvalue weighted by Crippen LogP contribution is -2.26. The van der Waals surface area contributed by atoms with Crippen LogP contribution in [0.2, 0.25) is 0 Å². The number of sulfonamides is 1. The topological polar surface area (TPSA) is 108 Å². The summed E-state index contributed by atoms with van der Waals surface area (Å²) in [6, 6.07) is 1.67. The number of carboxylic acid groups (broad SMARTS) is 1. The number of nitrogens with zero attached hydrogens (tertiary/aromatic N) is 1. The van der Waals surface area contributed by atoms with Gasteiger partial charge in [-0.05, 0) is 32.5 Å². The van der Waals surface area contributed by atoms with Crippen LogP contribution in [0.1, 0.15) is 21.6 Å². The maximum absolute atomic E-state index is 11.3. The van der Waals surface area contributed by atoms with Crippen LogP contribution in [-0.4, -0.2) is 43.8 Å². The monoisotopic (exact) mass is 287 g/mol. The maximum atomic E-state index is 11.3. The number of anilines is 1. The highest BCUT2D eigenvalue weighted by Crippen LogP contribution is 2.18. The van der Waals surface area contributed by atoms with E-state index in [4.69, 9.17) is 5.11 Å². The highest BCUT2D eigenvalue weighted by molar-refractivity contribution is 7.89. The molecular formula is C11H17N3O4S. The number of hydrogen-bond donors (Lipinski definition) is 3. The Hall–Kier alpha value is -1.67. The second kappa shape index (κ2) is 5.98. The van der Waals surface area contributed by atoms with Crippen molar-refractivity contribution in [2.24, 2.45) is 0 Å². The molecule has 0 spiro atoms. The van der Waals surface area contributed by atoms with Crippen molar-refractivity contribution >= 4 is 21.8 Å². The van der Waals surface area contributed by atoms with Crippen LogP contribution in [0.5, 0.6) is 0 Å².